The summed E-state index contributed by atoms with van der Waals surface area (Å²) in [5.74, 6) is 5.29. The van der Waals surface area contributed by atoms with Gasteiger partial charge in [0.15, 0.2) is 0 Å². The van der Waals surface area contributed by atoms with Crippen LogP contribution in [0.1, 0.15) is 44.2 Å². The summed E-state index contributed by atoms with van der Waals surface area (Å²) in [6.07, 6.45) is 4.21. The van der Waals surface area contributed by atoms with Crippen molar-refractivity contribution in [2.45, 2.75) is 38.6 Å². The lowest BCUT2D eigenvalue weighted by molar-refractivity contribution is 0.218. The zero-order valence-corrected chi connectivity index (χ0v) is 10.6. The molecule has 0 saturated heterocycles. The van der Waals surface area contributed by atoms with Gasteiger partial charge in [-0.3, -0.25) is 11.3 Å². The van der Waals surface area contributed by atoms with Gasteiger partial charge in [-0.25, -0.2) is 8.78 Å². The highest BCUT2D eigenvalue weighted by molar-refractivity contribution is 5.24. The Labute approximate surface area is 107 Å². The Hall–Kier alpha value is -1.00. The molecule has 0 spiro atoms. The van der Waals surface area contributed by atoms with E-state index in [1.165, 1.54) is 24.6 Å². The molecule has 4 heteroatoms. The van der Waals surface area contributed by atoms with Crippen LogP contribution < -0.4 is 11.3 Å². The van der Waals surface area contributed by atoms with E-state index in [9.17, 15) is 8.78 Å². The Kier molecular flexibility index (Phi) is 4.30. The number of hydrogen-bond acceptors (Lipinski definition) is 2. The van der Waals surface area contributed by atoms with Gasteiger partial charge >= 0.3 is 0 Å². The van der Waals surface area contributed by atoms with E-state index in [4.69, 9.17) is 5.84 Å². The lowest BCUT2D eigenvalue weighted by Gasteiger charge is -2.33. The van der Waals surface area contributed by atoms with Gasteiger partial charge in [0.05, 0.1) is 6.04 Å². The molecule has 1 fully saturated rings. The Morgan fingerprint density at radius 3 is 2.50 bits per heavy atom. The predicted molar refractivity (Wildman–Crippen MR) is 67.5 cm³/mol. The van der Waals surface area contributed by atoms with Gasteiger partial charge in [-0.2, -0.15) is 0 Å². The van der Waals surface area contributed by atoms with E-state index in [1.54, 1.807) is 0 Å². The third-order valence-corrected chi connectivity index (χ3v) is 3.94. The van der Waals surface area contributed by atoms with Gasteiger partial charge in [-0.05, 0) is 36.8 Å². The van der Waals surface area contributed by atoms with Crippen molar-refractivity contribution in [2.24, 2.45) is 17.7 Å². The van der Waals surface area contributed by atoms with Crippen molar-refractivity contribution in [3.8, 4) is 0 Å². The number of rotatable bonds is 3. The maximum absolute atomic E-state index is 13.8. The Bertz CT molecular complexity index is 389. The van der Waals surface area contributed by atoms with E-state index < -0.39 is 17.7 Å². The van der Waals surface area contributed by atoms with Crippen molar-refractivity contribution in [1.82, 2.24) is 5.43 Å². The summed E-state index contributed by atoms with van der Waals surface area (Å²) in [6.45, 7) is 2.18. The molecule has 0 bridgehead atoms. The molecule has 1 aliphatic carbocycles. The van der Waals surface area contributed by atoms with Crippen LogP contribution in [0.3, 0.4) is 0 Å². The number of nitrogens with one attached hydrogen (secondary N) is 1. The van der Waals surface area contributed by atoms with Crippen LogP contribution in [0, 0.1) is 23.5 Å². The van der Waals surface area contributed by atoms with Crippen LogP contribution in [0.5, 0.6) is 0 Å². The van der Waals surface area contributed by atoms with E-state index in [1.807, 2.05) is 0 Å². The highest BCUT2D eigenvalue weighted by Crippen LogP contribution is 2.38. The smallest absolute Gasteiger partial charge is 0.130 e. The molecule has 0 aliphatic heterocycles. The van der Waals surface area contributed by atoms with Gasteiger partial charge in [0.25, 0.3) is 0 Å². The van der Waals surface area contributed by atoms with Crippen molar-refractivity contribution in [2.75, 3.05) is 0 Å². The van der Waals surface area contributed by atoms with E-state index in [0.717, 1.165) is 19.3 Å². The summed E-state index contributed by atoms with van der Waals surface area (Å²) in [5.41, 5.74) is 2.69. The minimum atomic E-state index is -0.517. The molecule has 1 saturated carbocycles. The molecule has 100 valence electrons. The molecule has 0 amide bonds. The molecule has 0 aromatic heterocycles. The van der Waals surface area contributed by atoms with E-state index >= 15 is 0 Å². The molecule has 1 aromatic rings. The second-order valence-corrected chi connectivity index (χ2v) is 5.31. The van der Waals surface area contributed by atoms with Gasteiger partial charge in [0.1, 0.15) is 11.6 Å². The SMILES string of the molecule is CC1CCCC(C(NN)c2c(F)cccc2F)C1. The minimum absolute atomic E-state index is 0.0825. The van der Waals surface area contributed by atoms with E-state index in [0.29, 0.717) is 5.92 Å². The average molecular weight is 254 g/mol. The highest BCUT2D eigenvalue weighted by atomic mass is 19.1. The molecule has 2 rings (SSSR count). The first-order valence-electron chi connectivity index (χ1n) is 6.53. The standard InChI is InChI=1S/C14H20F2N2/c1-9-4-2-5-10(8-9)14(18-17)13-11(15)6-3-7-12(13)16/h3,6-7,9-10,14,18H,2,4-5,8,17H2,1H3. The fourth-order valence-corrected chi connectivity index (χ4v) is 3.05. The third kappa shape index (κ3) is 2.70. The number of halogens is 2. The molecule has 2 nitrogen and oxygen atoms in total. The summed E-state index contributed by atoms with van der Waals surface area (Å²) >= 11 is 0. The van der Waals surface area contributed by atoms with Gasteiger partial charge < -0.3 is 0 Å². The molecule has 1 aromatic carbocycles. The molecule has 1 aliphatic rings. The first-order chi connectivity index (χ1) is 8.63. The Morgan fingerprint density at radius 1 is 1.28 bits per heavy atom. The lowest BCUT2D eigenvalue weighted by Crippen LogP contribution is -2.36. The zero-order valence-electron chi connectivity index (χ0n) is 10.6. The van der Waals surface area contributed by atoms with Crippen molar-refractivity contribution < 1.29 is 8.78 Å². The van der Waals surface area contributed by atoms with Crippen LogP contribution in [-0.4, -0.2) is 0 Å². The van der Waals surface area contributed by atoms with Crippen LogP contribution in [0.4, 0.5) is 8.78 Å². The van der Waals surface area contributed by atoms with Gasteiger partial charge in [-0.1, -0.05) is 25.8 Å². The van der Waals surface area contributed by atoms with Crippen molar-refractivity contribution in [1.29, 1.82) is 0 Å². The van der Waals surface area contributed by atoms with Crippen LogP contribution in [0.2, 0.25) is 0 Å². The van der Waals surface area contributed by atoms with Gasteiger partial charge in [0, 0.05) is 5.56 Å². The molecule has 0 radical (unpaired) electrons. The number of benzene rings is 1. The first-order valence-corrected chi connectivity index (χ1v) is 6.53. The van der Waals surface area contributed by atoms with Crippen molar-refractivity contribution in [3.63, 3.8) is 0 Å². The molecule has 0 heterocycles. The molecular weight excluding hydrogens is 234 g/mol. The predicted octanol–water partition coefficient (Wildman–Crippen LogP) is 3.30. The second-order valence-electron chi connectivity index (χ2n) is 5.31. The Balaban J connectivity index is 2.27. The molecule has 3 unspecified atom stereocenters. The monoisotopic (exact) mass is 254 g/mol. The fraction of sp³-hybridized carbons (Fsp3) is 0.571. The van der Waals surface area contributed by atoms with Crippen molar-refractivity contribution in [3.05, 3.63) is 35.4 Å². The van der Waals surface area contributed by atoms with Crippen LogP contribution in [-0.2, 0) is 0 Å². The van der Waals surface area contributed by atoms with Gasteiger partial charge in [-0.15, -0.1) is 0 Å². The zero-order chi connectivity index (χ0) is 13.1. The normalized spacial score (nSPS) is 26.0. The molecule has 3 atom stereocenters. The topological polar surface area (TPSA) is 38.0 Å². The maximum Gasteiger partial charge on any atom is 0.130 e. The van der Waals surface area contributed by atoms with Crippen LogP contribution in [0.25, 0.3) is 0 Å². The van der Waals surface area contributed by atoms with Crippen molar-refractivity contribution >= 4 is 0 Å². The van der Waals surface area contributed by atoms with Gasteiger partial charge in [0.2, 0.25) is 0 Å². The highest BCUT2D eigenvalue weighted by Gasteiger charge is 2.30. The molecule has 18 heavy (non-hydrogen) atoms. The fourth-order valence-electron chi connectivity index (χ4n) is 3.05. The lowest BCUT2D eigenvalue weighted by atomic mass is 9.76. The van der Waals surface area contributed by atoms with E-state index in [2.05, 4.69) is 12.3 Å². The Morgan fingerprint density at radius 2 is 1.94 bits per heavy atom. The minimum Gasteiger partial charge on any atom is -0.271 e. The molecule has 3 N–H and O–H groups in total. The average Bonchev–Trinajstić information content (AvgIpc) is 2.34. The largest absolute Gasteiger partial charge is 0.271 e. The summed E-state index contributed by atoms with van der Waals surface area (Å²) in [5, 5.41) is 0. The first kappa shape index (κ1) is 13.4. The number of nitrogens with two attached hydrogens (primary N) is 1. The van der Waals surface area contributed by atoms with Crippen LogP contribution in [0.15, 0.2) is 18.2 Å². The molecular formula is C14H20F2N2. The second kappa shape index (κ2) is 5.76. The summed E-state index contributed by atoms with van der Waals surface area (Å²) in [4.78, 5) is 0. The summed E-state index contributed by atoms with van der Waals surface area (Å²) in [7, 11) is 0. The third-order valence-electron chi connectivity index (χ3n) is 3.94. The maximum atomic E-state index is 13.8. The number of hydrazine groups is 1. The summed E-state index contributed by atoms with van der Waals surface area (Å²) < 4.78 is 27.6. The van der Waals surface area contributed by atoms with E-state index in [-0.39, 0.29) is 11.5 Å². The number of hydrogen-bond donors (Lipinski definition) is 2. The quantitative estimate of drug-likeness (QED) is 0.641. The van der Waals surface area contributed by atoms with Crippen LogP contribution >= 0.6 is 0 Å². The summed E-state index contributed by atoms with van der Waals surface area (Å²) in [6, 6.07) is 3.52.